The van der Waals surface area contributed by atoms with E-state index >= 15 is 0 Å². The second kappa shape index (κ2) is 6.39. The van der Waals surface area contributed by atoms with E-state index in [4.69, 9.17) is 5.21 Å². The van der Waals surface area contributed by atoms with Crippen LogP contribution in [0, 0.1) is 0 Å². The summed E-state index contributed by atoms with van der Waals surface area (Å²) in [6.45, 7) is 0. The molecular weight excluding hydrogens is 234 g/mol. The van der Waals surface area contributed by atoms with Gasteiger partial charge in [0.1, 0.15) is 0 Å². The standard InChI is InChI=1S/C12H15N3OS/c16-15-10-6-3-1-2-4-7-11(10)17-12-13-8-5-9-14-12/h1-2,5,8-9,11,16H,3-4,6-7H2. The summed E-state index contributed by atoms with van der Waals surface area (Å²) in [7, 11) is 0. The third kappa shape index (κ3) is 3.56. The molecule has 17 heavy (non-hydrogen) atoms. The van der Waals surface area contributed by atoms with Crippen LogP contribution in [0.2, 0.25) is 0 Å². The Kier molecular flexibility index (Phi) is 4.55. The minimum absolute atomic E-state index is 0.173. The van der Waals surface area contributed by atoms with Crippen molar-refractivity contribution in [2.45, 2.75) is 36.1 Å². The Morgan fingerprint density at radius 2 is 2.00 bits per heavy atom. The average Bonchev–Trinajstić information content (AvgIpc) is 2.34. The van der Waals surface area contributed by atoms with Gasteiger partial charge in [0.2, 0.25) is 0 Å². The zero-order chi connectivity index (χ0) is 11.9. The van der Waals surface area contributed by atoms with Gasteiger partial charge in [0, 0.05) is 12.4 Å². The molecule has 1 N–H and O–H groups in total. The quantitative estimate of drug-likeness (QED) is 0.379. The lowest BCUT2D eigenvalue weighted by Gasteiger charge is -2.17. The number of allylic oxidation sites excluding steroid dienone is 2. The molecule has 1 aromatic heterocycles. The molecule has 1 aliphatic rings. The maximum Gasteiger partial charge on any atom is 0.188 e. The summed E-state index contributed by atoms with van der Waals surface area (Å²) in [5, 5.41) is 13.4. The van der Waals surface area contributed by atoms with Crippen molar-refractivity contribution in [3.05, 3.63) is 30.6 Å². The molecule has 5 heteroatoms. The van der Waals surface area contributed by atoms with Gasteiger partial charge < -0.3 is 5.21 Å². The van der Waals surface area contributed by atoms with Crippen molar-refractivity contribution in [3.63, 3.8) is 0 Å². The second-order valence-electron chi connectivity index (χ2n) is 3.82. The van der Waals surface area contributed by atoms with Crippen molar-refractivity contribution in [3.8, 4) is 0 Å². The molecule has 1 atom stereocenters. The van der Waals surface area contributed by atoms with Crippen LogP contribution in [0.1, 0.15) is 25.7 Å². The van der Waals surface area contributed by atoms with Crippen molar-refractivity contribution in [2.24, 2.45) is 5.16 Å². The van der Waals surface area contributed by atoms with E-state index < -0.39 is 0 Å². The third-order valence-corrected chi connectivity index (χ3v) is 3.83. The number of thioether (sulfide) groups is 1. The van der Waals surface area contributed by atoms with Crippen LogP contribution >= 0.6 is 11.8 Å². The average molecular weight is 249 g/mol. The fourth-order valence-electron chi connectivity index (χ4n) is 1.76. The summed E-state index contributed by atoms with van der Waals surface area (Å²) < 4.78 is 0. The van der Waals surface area contributed by atoms with E-state index in [2.05, 4.69) is 27.3 Å². The molecule has 0 aromatic carbocycles. The summed E-state index contributed by atoms with van der Waals surface area (Å²) in [5.41, 5.74) is 0.840. The highest BCUT2D eigenvalue weighted by atomic mass is 32.2. The summed E-state index contributed by atoms with van der Waals surface area (Å²) in [5.74, 6) is 0. The zero-order valence-electron chi connectivity index (χ0n) is 9.49. The molecule has 90 valence electrons. The molecule has 2 rings (SSSR count). The lowest BCUT2D eigenvalue weighted by Crippen LogP contribution is -2.18. The number of aromatic nitrogens is 2. The highest BCUT2D eigenvalue weighted by Gasteiger charge is 2.19. The number of oxime groups is 1. The largest absolute Gasteiger partial charge is 0.411 e. The third-order valence-electron chi connectivity index (χ3n) is 2.62. The van der Waals surface area contributed by atoms with Gasteiger partial charge >= 0.3 is 0 Å². The van der Waals surface area contributed by atoms with Gasteiger partial charge in [-0.2, -0.15) is 0 Å². The predicted molar refractivity (Wildman–Crippen MR) is 68.5 cm³/mol. The van der Waals surface area contributed by atoms with Gasteiger partial charge in [-0.05, 0) is 31.7 Å². The van der Waals surface area contributed by atoms with Crippen LogP contribution < -0.4 is 0 Å². The molecule has 0 saturated heterocycles. The summed E-state index contributed by atoms with van der Waals surface area (Å²) in [6, 6.07) is 1.80. The predicted octanol–water partition coefficient (Wildman–Crippen LogP) is 2.90. The Labute approximate surface area is 105 Å². The van der Waals surface area contributed by atoms with E-state index in [0.717, 1.165) is 36.6 Å². The van der Waals surface area contributed by atoms with Crippen molar-refractivity contribution in [2.75, 3.05) is 0 Å². The van der Waals surface area contributed by atoms with Crippen LogP contribution in [0.15, 0.2) is 40.9 Å². The van der Waals surface area contributed by atoms with Gasteiger partial charge in [-0.15, -0.1) is 0 Å². The first-order chi connectivity index (χ1) is 8.40. The monoisotopic (exact) mass is 249 g/mol. The van der Waals surface area contributed by atoms with Gasteiger partial charge in [0.05, 0.1) is 11.0 Å². The van der Waals surface area contributed by atoms with E-state index in [9.17, 15) is 0 Å². The number of hydrogen-bond donors (Lipinski definition) is 1. The molecule has 1 unspecified atom stereocenters. The highest BCUT2D eigenvalue weighted by molar-refractivity contribution is 8.00. The second-order valence-corrected chi connectivity index (χ2v) is 4.99. The van der Waals surface area contributed by atoms with Crippen LogP contribution in [-0.4, -0.2) is 26.1 Å². The molecule has 0 aliphatic heterocycles. The summed E-state index contributed by atoms with van der Waals surface area (Å²) in [6.07, 6.45) is 11.5. The first-order valence-corrected chi connectivity index (χ1v) is 6.57. The lowest BCUT2D eigenvalue weighted by atomic mass is 10.0. The van der Waals surface area contributed by atoms with E-state index in [1.807, 2.05) is 0 Å². The van der Waals surface area contributed by atoms with Gasteiger partial charge in [-0.25, -0.2) is 9.97 Å². The number of hydrogen-bond acceptors (Lipinski definition) is 5. The maximum absolute atomic E-state index is 9.07. The van der Waals surface area contributed by atoms with Crippen LogP contribution in [0.25, 0.3) is 0 Å². The van der Waals surface area contributed by atoms with Gasteiger partial charge in [-0.3, -0.25) is 0 Å². The molecular formula is C12H15N3OS. The SMILES string of the molecule is ON=C1CCC=CCCC1Sc1ncccn1. The highest BCUT2D eigenvalue weighted by Crippen LogP contribution is 2.27. The molecule has 0 fully saturated rings. The normalized spacial score (nSPS) is 23.3. The Bertz CT molecular complexity index is 405. The zero-order valence-corrected chi connectivity index (χ0v) is 10.3. The van der Waals surface area contributed by atoms with Crippen molar-refractivity contribution in [1.29, 1.82) is 0 Å². The number of rotatable bonds is 2. The molecule has 1 aliphatic carbocycles. The molecule has 0 amide bonds. The molecule has 1 aromatic rings. The summed E-state index contributed by atoms with van der Waals surface area (Å²) >= 11 is 1.57. The number of nitrogens with zero attached hydrogens (tertiary/aromatic N) is 3. The Balaban J connectivity index is 2.08. The molecule has 4 nitrogen and oxygen atoms in total. The fourth-order valence-corrected chi connectivity index (χ4v) is 2.81. The van der Waals surface area contributed by atoms with Crippen molar-refractivity contribution in [1.82, 2.24) is 9.97 Å². The van der Waals surface area contributed by atoms with Gasteiger partial charge in [-0.1, -0.05) is 29.1 Å². The molecule has 1 heterocycles. The van der Waals surface area contributed by atoms with Gasteiger partial charge in [0.15, 0.2) is 5.16 Å². The van der Waals surface area contributed by atoms with Crippen LogP contribution in [0.3, 0.4) is 0 Å². The van der Waals surface area contributed by atoms with E-state index in [0.29, 0.717) is 0 Å². The van der Waals surface area contributed by atoms with Crippen molar-refractivity contribution < 1.29 is 5.21 Å². The van der Waals surface area contributed by atoms with E-state index in [1.165, 1.54) is 0 Å². The minimum atomic E-state index is 0.173. The first-order valence-electron chi connectivity index (χ1n) is 5.69. The Morgan fingerprint density at radius 1 is 1.24 bits per heavy atom. The van der Waals surface area contributed by atoms with Crippen LogP contribution in [0.4, 0.5) is 0 Å². The Morgan fingerprint density at radius 3 is 2.76 bits per heavy atom. The minimum Gasteiger partial charge on any atom is -0.411 e. The van der Waals surface area contributed by atoms with E-state index in [1.54, 1.807) is 30.2 Å². The van der Waals surface area contributed by atoms with Crippen LogP contribution in [0.5, 0.6) is 0 Å². The van der Waals surface area contributed by atoms with E-state index in [-0.39, 0.29) is 5.25 Å². The first kappa shape index (κ1) is 12.1. The topological polar surface area (TPSA) is 58.4 Å². The van der Waals surface area contributed by atoms with Gasteiger partial charge in [0.25, 0.3) is 0 Å². The Hall–Kier alpha value is -1.36. The fraction of sp³-hybridized carbons (Fsp3) is 0.417. The maximum atomic E-state index is 9.07. The van der Waals surface area contributed by atoms with Crippen molar-refractivity contribution >= 4 is 17.5 Å². The smallest absolute Gasteiger partial charge is 0.188 e. The molecule has 0 spiro atoms. The molecule has 0 saturated carbocycles. The lowest BCUT2D eigenvalue weighted by molar-refractivity contribution is 0.316. The molecule has 0 bridgehead atoms. The van der Waals surface area contributed by atoms with Crippen LogP contribution in [-0.2, 0) is 0 Å². The molecule has 0 radical (unpaired) electrons. The summed E-state index contributed by atoms with van der Waals surface area (Å²) in [4.78, 5) is 8.39.